The van der Waals surface area contributed by atoms with Crippen molar-refractivity contribution in [2.45, 2.75) is 75.7 Å². The Morgan fingerprint density at radius 2 is 1.91 bits per heavy atom. The highest BCUT2D eigenvalue weighted by atomic mass is 16.7. The van der Waals surface area contributed by atoms with Crippen LogP contribution in [0, 0.1) is 5.41 Å². The van der Waals surface area contributed by atoms with Crippen LogP contribution in [-0.4, -0.2) is 59.1 Å². The highest BCUT2D eigenvalue weighted by Crippen LogP contribution is 2.26. The minimum Gasteiger partial charge on any atom is -0.477 e. The van der Waals surface area contributed by atoms with Crippen LogP contribution in [0.25, 0.3) is 0 Å². The number of hydrogen-bond donors (Lipinski definition) is 5. The zero-order valence-electron chi connectivity index (χ0n) is 12.9. The summed E-state index contributed by atoms with van der Waals surface area (Å²) in [6.07, 6.45) is 3.90. The van der Waals surface area contributed by atoms with Gasteiger partial charge in [-0.15, -0.1) is 0 Å². The molecule has 1 saturated carbocycles. The fraction of sp³-hybridized carbons (Fsp3) is 0.857. The molecule has 2 aliphatic rings. The molecule has 1 aliphatic carbocycles. The maximum absolute atomic E-state index is 9.86. The number of aliphatic carboxylic acids is 1. The Morgan fingerprint density at radius 3 is 2.45 bits per heavy atom. The first-order valence-electron chi connectivity index (χ1n) is 7.58. The topological polar surface area (TPSA) is 152 Å². The first kappa shape index (κ1) is 19.0. The molecule has 1 saturated heterocycles. The summed E-state index contributed by atoms with van der Waals surface area (Å²) in [5, 5.41) is 23.3. The second kappa shape index (κ2) is 9.16. The number of carboxylic acids is 1. The number of carbonyl (C=O) groups is 1. The van der Waals surface area contributed by atoms with Crippen molar-refractivity contribution < 1.29 is 24.5 Å². The van der Waals surface area contributed by atoms with Crippen LogP contribution in [0.2, 0.25) is 0 Å². The van der Waals surface area contributed by atoms with Gasteiger partial charge in [0.1, 0.15) is 6.21 Å². The van der Waals surface area contributed by atoms with Gasteiger partial charge in [0.05, 0.1) is 24.4 Å². The lowest BCUT2D eigenvalue weighted by Gasteiger charge is -2.40. The Kier molecular flexibility index (Phi) is 7.91. The molecule has 1 heterocycles. The van der Waals surface area contributed by atoms with Crippen LogP contribution >= 0.6 is 0 Å². The highest BCUT2D eigenvalue weighted by Gasteiger charge is 2.36. The molecule has 7 N–H and O–H groups in total. The molecule has 8 nitrogen and oxygen atoms in total. The van der Waals surface area contributed by atoms with E-state index in [0.717, 1.165) is 25.7 Å². The summed E-state index contributed by atoms with van der Waals surface area (Å²) >= 11 is 0. The smallest absolute Gasteiger partial charge is 0.346 e. The van der Waals surface area contributed by atoms with E-state index >= 15 is 0 Å². The van der Waals surface area contributed by atoms with Crippen LogP contribution in [0.4, 0.5) is 0 Å². The summed E-state index contributed by atoms with van der Waals surface area (Å²) in [4.78, 5) is 9.12. The lowest BCUT2D eigenvalue weighted by molar-refractivity contribution is -0.241. The molecule has 128 valence electrons. The summed E-state index contributed by atoms with van der Waals surface area (Å²) in [6, 6.07) is -0.226. The zero-order chi connectivity index (χ0) is 16.7. The molecular formula is C14H27N3O5. The predicted molar refractivity (Wildman–Crippen MR) is 80.7 cm³/mol. The molecular weight excluding hydrogens is 290 g/mol. The van der Waals surface area contributed by atoms with Gasteiger partial charge in [-0.3, -0.25) is 0 Å². The van der Waals surface area contributed by atoms with Crippen LogP contribution in [0.5, 0.6) is 0 Å². The van der Waals surface area contributed by atoms with E-state index in [0.29, 0.717) is 12.6 Å². The average molecular weight is 317 g/mol. The number of nitrogens with one attached hydrogen (secondary N) is 1. The fourth-order valence-electron chi connectivity index (χ4n) is 2.57. The summed E-state index contributed by atoms with van der Waals surface area (Å²) in [7, 11) is 0. The molecule has 6 unspecified atom stereocenters. The monoisotopic (exact) mass is 317 g/mol. The Bertz CT molecular complexity index is 368. The van der Waals surface area contributed by atoms with Gasteiger partial charge < -0.3 is 36.6 Å². The number of carboxylic acid groups (broad SMARTS) is 1. The van der Waals surface area contributed by atoms with Crippen molar-refractivity contribution in [3.63, 3.8) is 0 Å². The minimum absolute atomic E-state index is 0.0267. The van der Waals surface area contributed by atoms with Crippen LogP contribution < -0.4 is 11.5 Å². The molecule has 8 heteroatoms. The molecule has 2 fully saturated rings. The van der Waals surface area contributed by atoms with Crippen molar-refractivity contribution in [2.24, 2.45) is 11.5 Å². The van der Waals surface area contributed by atoms with Gasteiger partial charge in [0, 0.05) is 6.04 Å². The molecule has 0 aromatic rings. The van der Waals surface area contributed by atoms with Gasteiger partial charge >= 0.3 is 5.97 Å². The minimum atomic E-state index is -1.20. The first-order chi connectivity index (χ1) is 10.3. The SMILES string of the molecule is CC1OC(OC2CCCCC2O)C(N)CC1N.N=CC(=O)O. The Labute approximate surface area is 130 Å². The van der Waals surface area contributed by atoms with E-state index in [4.69, 9.17) is 36.3 Å². The Balaban J connectivity index is 0.000000422. The van der Waals surface area contributed by atoms with Crippen molar-refractivity contribution in [2.75, 3.05) is 0 Å². The van der Waals surface area contributed by atoms with E-state index in [1.807, 2.05) is 6.92 Å². The van der Waals surface area contributed by atoms with Gasteiger partial charge in [-0.2, -0.15) is 0 Å². The van der Waals surface area contributed by atoms with Gasteiger partial charge in [0.2, 0.25) is 0 Å². The van der Waals surface area contributed by atoms with Crippen LogP contribution in [-0.2, 0) is 14.3 Å². The number of ether oxygens (including phenoxy) is 2. The molecule has 0 radical (unpaired) electrons. The summed E-state index contributed by atoms with van der Waals surface area (Å²) in [5.41, 5.74) is 11.9. The first-order valence-corrected chi connectivity index (χ1v) is 7.58. The Hall–Kier alpha value is -1.06. The molecule has 22 heavy (non-hydrogen) atoms. The van der Waals surface area contributed by atoms with Crippen molar-refractivity contribution >= 4 is 12.2 Å². The van der Waals surface area contributed by atoms with Gasteiger partial charge in [-0.05, 0) is 26.2 Å². The number of hydrogen-bond acceptors (Lipinski definition) is 7. The van der Waals surface area contributed by atoms with Crippen LogP contribution in [0.3, 0.4) is 0 Å². The largest absolute Gasteiger partial charge is 0.477 e. The summed E-state index contributed by atoms with van der Waals surface area (Å²) < 4.78 is 11.5. The average Bonchev–Trinajstić information content (AvgIpc) is 2.47. The van der Waals surface area contributed by atoms with E-state index in [2.05, 4.69) is 0 Å². The van der Waals surface area contributed by atoms with Gasteiger partial charge in [-0.25, -0.2) is 4.79 Å². The standard InChI is InChI=1S/C12H24N2O3.C2H3NO2/c1-7-8(13)6-9(14)12(16-7)17-11-5-3-2-4-10(11)15;3-1-2(4)5/h7-12,15H,2-6,13-14H2,1H3;1,3H,(H,4,5). The van der Waals surface area contributed by atoms with Crippen molar-refractivity contribution in [1.82, 2.24) is 0 Å². The van der Waals surface area contributed by atoms with E-state index in [1.165, 1.54) is 0 Å². The molecule has 1 aliphatic heterocycles. The molecule has 0 aromatic heterocycles. The maximum atomic E-state index is 9.86. The number of rotatable bonds is 3. The summed E-state index contributed by atoms with van der Waals surface area (Å²) in [6.45, 7) is 1.93. The lowest BCUT2D eigenvalue weighted by atomic mass is 9.94. The van der Waals surface area contributed by atoms with E-state index in [-0.39, 0.29) is 30.4 Å². The van der Waals surface area contributed by atoms with Crippen LogP contribution in [0.15, 0.2) is 0 Å². The third-order valence-electron chi connectivity index (χ3n) is 3.95. The quantitative estimate of drug-likeness (QED) is 0.452. The van der Waals surface area contributed by atoms with E-state index in [9.17, 15) is 5.11 Å². The second-order valence-electron chi connectivity index (χ2n) is 5.78. The molecule has 6 atom stereocenters. The molecule has 0 amide bonds. The van der Waals surface area contributed by atoms with Crippen LogP contribution in [0.1, 0.15) is 39.0 Å². The third-order valence-corrected chi connectivity index (χ3v) is 3.95. The molecule has 0 spiro atoms. The van der Waals surface area contributed by atoms with E-state index in [1.54, 1.807) is 0 Å². The number of aliphatic hydroxyl groups excluding tert-OH is 1. The molecule has 2 rings (SSSR count). The third kappa shape index (κ3) is 5.98. The van der Waals surface area contributed by atoms with E-state index < -0.39 is 12.3 Å². The highest BCUT2D eigenvalue weighted by molar-refractivity contribution is 6.20. The van der Waals surface area contributed by atoms with Gasteiger partial charge in [-0.1, -0.05) is 12.8 Å². The van der Waals surface area contributed by atoms with Crippen molar-refractivity contribution in [3.05, 3.63) is 0 Å². The Morgan fingerprint density at radius 1 is 1.32 bits per heavy atom. The number of nitrogens with two attached hydrogens (primary N) is 2. The maximum Gasteiger partial charge on any atom is 0.346 e. The van der Waals surface area contributed by atoms with Gasteiger partial charge in [0.25, 0.3) is 0 Å². The normalized spacial score (nSPS) is 38.5. The van der Waals surface area contributed by atoms with Crippen molar-refractivity contribution in [3.8, 4) is 0 Å². The second-order valence-corrected chi connectivity index (χ2v) is 5.78. The predicted octanol–water partition coefficient (Wildman–Crippen LogP) is -0.183. The van der Waals surface area contributed by atoms with Crippen molar-refractivity contribution in [1.29, 1.82) is 5.41 Å². The number of aliphatic hydroxyl groups is 1. The molecule has 0 aromatic carbocycles. The molecule has 0 bridgehead atoms. The zero-order valence-corrected chi connectivity index (χ0v) is 12.9. The van der Waals surface area contributed by atoms with Gasteiger partial charge in [0.15, 0.2) is 6.29 Å². The fourth-order valence-corrected chi connectivity index (χ4v) is 2.57. The lowest BCUT2D eigenvalue weighted by Crippen LogP contribution is -2.55. The summed E-state index contributed by atoms with van der Waals surface area (Å²) in [5.74, 6) is -1.20.